The van der Waals surface area contributed by atoms with Crippen molar-refractivity contribution in [2.75, 3.05) is 0 Å². The van der Waals surface area contributed by atoms with Crippen LogP contribution in [0.15, 0.2) is 18.5 Å². The molecule has 80 valence electrons. The molecular formula is C10H15N5. The fraction of sp³-hybridized carbons (Fsp3) is 0.400. The third kappa shape index (κ3) is 2.24. The minimum Gasteiger partial charge on any atom is -0.305 e. The Bertz CT molecular complexity index is 403. The van der Waals surface area contributed by atoms with Crippen LogP contribution in [0.3, 0.4) is 0 Å². The van der Waals surface area contributed by atoms with Crippen molar-refractivity contribution in [1.82, 2.24) is 25.7 Å². The summed E-state index contributed by atoms with van der Waals surface area (Å²) in [5.74, 6) is 0. The van der Waals surface area contributed by atoms with Crippen LogP contribution in [0.4, 0.5) is 0 Å². The maximum atomic E-state index is 3.98. The monoisotopic (exact) mass is 205 g/mol. The van der Waals surface area contributed by atoms with Crippen LogP contribution in [0, 0.1) is 6.92 Å². The molecular weight excluding hydrogens is 190 g/mol. The molecule has 0 radical (unpaired) electrons. The highest BCUT2D eigenvalue weighted by Gasteiger charge is 2.07. The van der Waals surface area contributed by atoms with Crippen LogP contribution >= 0.6 is 0 Å². The number of aromatic nitrogens is 4. The first-order valence-electron chi connectivity index (χ1n) is 4.99. The van der Waals surface area contributed by atoms with Gasteiger partial charge in [0.05, 0.1) is 11.9 Å². The van der Waals surface area contributed by atoms with Crippen LogP contribution in [0.2, 0.25) is 0 Å². The number of nitrogens with one attached hydrogen (secondary N) is 3. The van der Waals surface area contributed by atoms with Gasteiger partial charge < -0.3 is 5.32 Å². The first kappa shape index (κ1) is 9.92. The van der Waals surface area contributed by atoms with E-state index in [1.54, 1.807) is 6.20 Å². The van der Waals surface area contributed by atoms with Crippen molar-refractivity contribution in [1.29, 1.82) is 0 Å². The lowest BCUT2D eigenvalue weighted by Gasteiger charge is -2.11. The minimum atomic E-state index is 0.266. The smallest absolute Gasteiger partial charge is 0.0535 e. The van der Waals surface area contributed by atoms with Crippen molar-refractivity contribution in [3.63, 3.8) is 0 Å². The molecule has 2 aromatic heterocycles. The highest BCUT2D eigenvalue weighted by molar-refractivity contribution is 5.14. The van der Waals surface area contributed by atoms with Gasteiger partial charge >= 0.3 is 0 Å². The summed E-state index contributed by atoms with van der Waals surface area (Å²) < 4.78 is 0. The summed E-state index contributed by atoms with van der Waals surface area (Å²) in [5, 5.41) is 17.2. The quantitative estimate of drug-likeness (QED) is 0.704. The Hall–Kier alpha value is -1.62. The van der Waals surface area contributed by atoms with Crippen LogP contribution in [-0.4, -0.2) is 20.4 Å². The molecule has 2 heterocycles. The van der Waals surface area contributed by atoms with Crippen molar-refractivity contribution >= 4 is 0 Å². The molecule has 15 heavy (non-hydrogen) atoms. The third-order valence-corrected chi connectivity index (χ3v) is 2.52. The van der Waals surface area contributed by atoms with Gasteiger partial charge in [-0.25, -0.2) is 0 Å². The SMILES string of the molecule is Cc1[nH]ncc1CNC(C)c1ccn[nH]1. The highest BCUT2D eigenvalue weighted by Crippen LogP contribution is 2.09. The number of nitrogens with zero attached hydrogens (tertiary/aromatic N) is 2. The molecule has 0 spiro atoms. The number of aryl methyl sites for hydroxylation is 1. The van der Waals surface area contributed by atoms with E-state index in [9.17, 15) is 0 Å². The average Bonchev–Trinajstić information content (AvgIpc) is 2.85. The van der Waals surface area contributed by atoms with Gasteiger partial charge in [-0.2, -0.15) is 10.2 Å². The summed E-state index contributed by atoms with van der Waals surface area (Å²) in [6, 6.07) is 2.24. The maximum absolute atomic E-state index is 3.98. The molecule has 1 unspecified atom stereocenters. The van der Waals surface area contributed by atoms with Gasteiger partial charge in [-0.3, -0.25) is 10.2 Å². The number of aromatic amines is 2. The molecule has 0 saturated heterocycles. The van der Waals surface area contributed by atoms with Crippen molar-refractivity contribution in [2.24, 2.45) is 0 Å². The van der Waals surface area contributed by atoms with Crippen LogP contribution in [0.5, 0.6) is 0 Å². The summed E-state index contributed by atoms with van der Waals surface area (Å²) in [7, 11) is 0. The van der Waals surface area contributed by atoms with Crippen molar-refractivity contribution in [3.8, 4) is 0 Å². The molecule has 3 N–H and O–H groups in total. The van der Waals surface area contributed by atoms with E-state index in [0.717, 1.165) is 17.9 Å². The van der Waals surface area contributed by atoms with Gasteiger partial charge in [0.15, 0.2) is 0 Å². The predicted molar refractivity (Wildman–Crippen MR) is 57.2 cm³/mol. The molecule has 0 saturated carbocycles. The largest absolute Gasteiger partial charge is 0.305 e. The first-order chi connectivity index (χ1) is 7.27. The van der Waals surface area contributed by atoms with Gasteiger partial charge in [-0.1, -0.05) is 0 Å². The molecule has 2 aromatic rings. The average molecular weight is 205 g/mol. The number of H-pyrrole nitrogens is 2. The van der Waals surface area contributed by atoms with E-state index in [1.165, 1.54) is 5.56 Å². The van der Waals surface area contributed by atoms with E-state index in [4.69, 9.17) is 0 Å². The van der Waals surface area contributed by atoms with Crippen LogP contribution in [-0.2, 0) is 6.54 Å². The maximum Gasteiger partial charge on any atom is 0.0535 e. The topological polar surface area (TPSA) is 69.4 Å². The van der Waals surface area contributed by atoms with Crippen LogP contribution in [0.25, 0.3) is 0 Å². The molecule has 2 rings (SSSR count). The molecule has 5 nitrogen and oxygen atoms in total. The van der Waals surface area contributed by atoms with Gasteiger partial charge in [0.2, 0.25) is 0 Å². The zero-order valence-corrected chi connectivity index (χ0v) is 8.91. The summed E-state index contributed by atoms with van der Waals surface area (Å²) in [6.07, 6.45) is 3.61. The Morgan fingerprint density at radius 3 is 2.87 bits per heavy atom. The third-order valence-electron chi connectivity index (χ3n) is 2.52. The summed E-state index contributed by atoms with van der Waals surface area (Å²) in [6.45, 7) is 4.93. The summed E-state index contributed by atoms with van der Waals surface area (Å²) in [5.41, 5.74) is 3.40. The molecule has 0 bridgehead atoms. The Labute approximate surface area is 88.3 Å². The summed E-state index contributed by atoms with van der Waals surface area (Å²) >= 11 is 0. The second-order valence-electron chi connectivity index (χ2n) is 3.63. The highest BCUT2D eigenvalue weighted by atomic mass is 15.1. The van der Waals surface area contributed by atoms with E-state index < -0.39 is 0 Å². The lowest BCUT2D eigenvalue weighted by molar-refractivity contribution is 0.559. The van der Waals surface area contributed by atoms with E-state index >= 15 is 0 Å². The van der Waals surface area contributed by atoms with Crippen molar-refractivity contribution in [2.45, 2.75) is 26.4 Å². The molecule has 0 aromatic carbocycles. The van der Waals surface area contributed by atoms with Gasteiger partial charge in [-0.15, -0.1) is 0 Å². The molecule has 0 amide bonds. The number of rotatable bonds is 4. The Morgan fingerprint density at radius 2 is 2.27 bits per heavy atom. The van der Waals surface area contributed by atoms with Gasteiger partial charge in [0.25, 0.3) is 0 Å². The lowest BCUT2D eigenvalue weighted by Crippen LogP contribution is -2.18. The molecule has 0 aliphatic rings. The van der Waals surface area contributed by atoms with E-state index in [-0.39, 0.29) is 6.04 Å². The van der Waals surface area contributed by atoms with Crippen molar-refractivity contribution in [3.05, 3.63) is 35.4 Å². The van der Waals surface area contributed by atoms with Crippen LogP contribution in [0.1, 0.15) is 29.9 Å². The van der Waals surface area contributed by atoms with Gasteiger partial charge in [0.1, 0.15) is 0 Å². The second kappa shape index (κ2) is 4.27. The normalized spacial score (nSPS) is 12.9. The zero-order valence-electron chi connectivity index (χ0n) is 8.91. The minimum absolute atomic E-state index is 0.266. The molecule has 5 heteroatoms. The standard InChI is InChI=1S/C10H15N5/c1-7-9(6-13-14-7)5-11-8(2)10-3-4-12-15-10/h3-4,6,8,11H,5H2,1-2H3,(H,12,15)(H,13,14). The number of hydrogen-bond donors (Lipinski definition) is 3. The van der Waals surface area contributed by atoms with Gasteiger partial charge in [-0.05, 0) is 19.9 Å². The van der Waals surface area contributed by atoms with E-state index in [0.29, 0.717) is 0 Å². The predicted octanol–water partition coefficient (Wildman–Crippen LogP) is 1.29. The van der Waals surface area contributed by atoms with Gasteiger partial charge in [0, 0.05) is 30.0 Å². The molecule has 0 fully saturated rings. The zero-order chi connectivity index (χ0) is 10.7. The Morgan fingerprint density at radius 1 is 1.40 bits per heavy atom. The number of hydrogen-bond acceptors (Lipinski definition) is 3. The fourth-order valence-electron chi connectivity index (χ4n) is 1.43. The lowest BCUT2D eigenvalue weighted by atomic mass is 10.2. The van der Waals surface area contributed by atoms with Crippen LogP contribution < -0.4 is 5.32 Å². The molecule has 0 aliphatic heterocycles. The van der Waals surface area contributed by atoms with Crippen molar-refractivity contribution < 1.29 is 0 Å². The Kier molecular flexibility index (Phi) is 2.82. The Balaban J connectivity index is 1.91. The van der Waals surface area contributed by atoms with E-state index in [2.05, 4.69) is 32.6 Å². The first-order valence-corrected chi connectivity index (χ1v) is 4.99. The fourth-order valence-corrected chi connectivity index (χ4v) is 1.43. The second-order valence-corrected chi connectivity index (χ2v) is 3.63. The molecule has 0 aliphatic carbocycles. The summed E-state index contributed by atoms with van der Waals surface area (Å²) in [4.78, 5) is 0. The molecule has 1 atom stereocenters. The van der Waals surface area contributed by atoms with E-state index in [1.807, 2.05) is 19.2 Å².